The number of hydrogen-bond acceptors (Lipinski definition) is 2. The Hall–Kier alpha value is -1.33. The summed E-state index contributed by atoms with van der Waals surface area (Å²) in [5.41, 5.74) is 2.11. The summed E-state index contributed by atoms with van der Waals surface area (Å²) in [5.74, 6) is 0.157. The van der Waals surface area contributed by atoms with Crippen LogP contribution in [-0.4, -0.2) is 35.6 Å². The standard InChI is InChI=1S/C15H18ClN3OS/c1-10-6-11(16)2-3-12(10)18-14(21)19-5-4-15(9-19)7-13(20)17-8-15/h2-3,6H,4-5,7-9H2,1H3,(H,17,20)(H,18,21). The van der Waals surface area contributed by atoms with Gasteiger partial charge >= 0.3 is 0 Å². The molecule has 0 radical (unpaired) electrons. The van der Waals surface area contributed by atoms with Crippen LogP contribution in [0.4, 0.5) is 5.69 Å². The van der Waals surface area contributed by atoms with E-state index in [1.54, 1.807) is 0 Å². The van der Waals surface area contributed by atoms with Crippen molar-refractivity contribution in [1.82, 2.24) is 10.2 Å². The molecule has 6 heteroatoms. The van der Waals surface area contributed by atoms with Gasteiger partial charge in [0.25, 0.3) is 0 Å². The van der Waals surface area contributed by atoms with E-state index in [1.807, 2.05) is 25.1 Å². The molecule has 1 atom stereocenters. The van der Waals surface area contributed by atoms with E-state index in [9.17, 15) is 4.79 Å². The number of nitrogens with zero attached hydrogens (tertiary/aromatic N) is 1. The van der Waals surface area contributed by atoms with Crippen LogP contribution in [0.5, 0.6) is 0 Å². The van der Waals surface area contributed by atoms with Gasteiger partial charge in [-0.25, -0.2) is 0 Å². The predicted octanol–water partition coefficient (Wildman–Crippen LogP) is 2.56. The molecular weight excluding hydrogens is 306 g/mol. The molecule has 21 heavy (non-hydrogen) atoms. The van der Waals surface area contributed by atoms with E-state index < -0.39 is 0 Å². The van der Waals surface area contributed by atoms with E-state index in [2.05, 4.69) is 15.5 Å². The highest BCUT2D eigenvalue weighted by atomic mass is 35.5. The lowest BCUT2D eigenvalue weighted by atomic mass is 9.86. The fraction of sp³-hybridized carbons (Fsp3) is 0.467. The molecule has 0 bridgehead atoms. The predicted molar refractivity (Wildman–Crippen MR) is 88.7 cm³/mol. The normalized spacial score (nSPS) is 24.5. The number of nitrogens with one attached hydrogen (secondary N) is 2. The maximum absolute atomic E-state index is 11.5. The Morgan fingerprint density at radius 1 is 1.52 bits per heavy atom. The molecular formula is C15H18ClN3OS. The van der Waals surface area contributed by atoms with Gasteiger partial charge in [-0.15, -0.1) is 0 Å². The SMILES string of the molecule is Cc1cc(Cl)ccc1NC(=S)N1CCC2(CNC(=O)C2)C1. The van der Waals surface area contributed by atoms with E-state index >= 15 is 0 Å². The minimum Gasteiger partial charge on any atom is -0.355 e. The number of aryl methyl sites for hydroxylation is 1. The first-order chi connectivity index (χ1) is 9.97. The first kappa shape index (κ1) is 14.6. The molecule has 2 heterocycles. The molecule has 112 valence electrons. The van der Waals surface area contributed by atoms with Crippen molar-refractivity contribution in [2.75, 3.05) is 25.0 Å². The van der Waals surface area contributed by atoms with Gasteiger partial charge in [-0.1, -0.05) is 11.6 Å². The summed E-state index contributed by atoms with van der Waals surface area (Å²) in [6, 6.07) is 5.71. The number of carbonyl (C=O) groups is 1. The molecule has 2 saturated heterocycles. The van der Waals surface area contributed by atoms with E-state index in [0.29, 0.717) is 6.42 Å². The maximum atomic E-state index is 11.5. The maximum Gasteiger partial charge on any atom is 0.220 e. The molecule has 2 aliphatic heterocycles. The van der Waals surface area contributed by atoms with Gasteiger partial charge in [0.1, 0.15) is 0 Å². The third-order valence-corrected chi connectivity index (χ3v) is 4.95. The van der Waals surface area contributed by atoms with Crippen molar-refractivity contribution in [3.63, 3.8) is 0 Å². The fourth-order valence-electron chi connectivity index (χ4n) is 3.11. The van der Waals surface area contributed by atoms with Gasteiger partial charge in [0.15, 0.2) is 5.11 Å². The summed E-state index contributed by atoms with van der Waals surface area (Å²) < 4.78 is 0. The zero-order valence-corrected chi connectivity index (χ0v) is 13.5. The third kappa shape index (κ3) is 2.99. The van der Waals surface area contributed by atoms with Crippen molar-refractivity contribution in [3.8, 4) is 0 Å². The first-order valence-corrected chi connectivity index (χ1v) is 7.85. The highest BCUT2D eigenvalue weighted by Gasteiger charge is 2.44. The molecule has 1 spiro atoms. The van der Waals surface area contributed by atoms with E-state index in [4.69, 9.17) is 23.8 Å². The lowest BCUT2D eigenvalue weighted by Crippen LogP contribution is -2.36. The number of amides is 1. The lowest BCUT2D eigenvalue weighted by molar-refractivity contribution is -0.119. The zero-order chi connectivity index (χ0) is 15.0. The smallest absolute Gasteiger partial charge is 0.220 e. The molecule has 1 aromatic rings. The third-order valence-electron chi connectivity index (χ3n) is 4.35. The van der Waals surface area contributed by atoms with E-state index in [0.717, 1.165) is 47.4 Å². The Morgan fingerprint density at radius 2 is 2.33 bits per heavy atom. The number of anilines is 1. The van der Waals surface area contributed by atoms with Crippen LogP contribution >= 0.6 is 23.8 Å². The van der Waals surface area contributed by atoms with Gasteiger partial charge in [-0.05, 0) is 49.3 Å². The molecule has 4 nitrogen and oxygen atoms in total. The Balaban J connectivity index is 1.65. The van der Waals surface area contributed by atoms with Crippen molar-refractivity contribution < 1.29 is 4.79 Å². The van der Waals surface area contributed by atoms with Crippen LogP contribution in [0.3, 0.4) is 0 Å². The minimum absolute atomic E-state index is 0.0673. The van der Waals surface area contributed by atoms with Crippen molar-refractivity contribution in [2.45, 2.75) is 19.8 Å². The van der Waals surface area contributed by atoms with Gasteiger partial charge < -0.3 is 15.5 Å². The number of rotatable bonds is 1. The summed E-state index contributed by atoms with van der Waals surface area (Å²) in [6.07, 6.45) is 1.62. The van der Waals surface area contributed by atoms with Crippen LogP contribution in [0.1, 0.15) is 18.4 Å². The van der Waals surface area contributed by atoms with E-state index in [1.165, 1.54) is 0 Å². The van der Waals surface area contributed by atoms with Gasteiger partial charge in [0.2, 0.25) is 5.91 Å². The molecule has 0 aromatic heterocycles. The molecule has 1 unspecified atom stereocenters. The monoisotopic (exact) mass is 323 g/mol. The number of benzene rings is 1. The van der Waals surface area contributed by atoms with Crippen LogP contribution in [-0.2, 0) is 4.79 Å². The summed E-state index contributed by atoms with van der Waals surface area (Å²) in [7, 11) is 0. The second-order valence-electron chi connectivity index (χ2n) is 6.01. The summed E-state index contributed by atoms with van der Waals surface area (Å²) in [5, 5.41) is 7.66. The Bertz CT molecular complexity index is 607. The van der Waals surface area contributed by atoms with Gasteiger partial charge in [-0.3, -0.25) is 4.79 Å². The molecule has 0 saturated carbocycles. The van der Waals surface area contributed by atoms with Crippen LogP contribution in [0.25, 0.3) is 0 Å². The van der Waals surface area contributed by atoms with Gasteiger partial charge in [0.05, 0.1) is 0 Å². The topological polar surface area (TPSA) is 44.4 Å². The Kier molecular flexibility index (Phi) is 3.80. The average molecular weight is 324 g/mol. The molecule has 3 rings (SSSR count). The number of carbonyl (C=O) groups excluding carboxylic acids is 1. The van der Waals surface area contributed by atoms with Crippen LogP contribution in [0.15, 0.2) is 18.2 Å². The highest BCUT2D eigenvalue weighted by Crippen LogP contribution is 2.36. The Labute approximate surface area is 134 Å². The van der Waals surface area contributed by atoms with E-state index in [-0.39, 0.29) is 11.3 Å². The molecule has 2 fully saturated rings. The van der Waals surface area contributed by atoms with Crippen LogP contribution in [0.2, 0.25) is 5.02 Å². The van der Waals surface area contributed by atoms with Crippen LogP contribution in [0, 0.1) is 12.3 Å². The van der Waals surface area contributed by atoms with Crippen molar-refractivity contribution >= 4 is 40.5 Å². The van der Waals surface area contributed by atoms with Crippen LogP contribution < -0.4 is 10.6 Å². The zero-order valence-electron chi connectivity index (χ0n) is 11.9. The van der Waals surface area contributed by atoms with Gasteiger partial charge in [0, 0.05) is 42.2 Å². The largest absolute Gasteiger partial charge is 0.355 e. The number of halogens is 1. The molecule has 2 N–H and O–H groups in total. The summed E-state index contributed by atoms with van der Waals surface area (Å²) in [6.45, 7) is 4.50. The van der Waals surface area contributed by atoms with Crippen molar-refractivity contribution in [1.29, 1.82) is 0 Å². The Morgan fingerprint density at radius 3 is 3.00 bits per heavy atom. The van der Waals surface area contributed by atoms with Gasteiger partial charge in [-0.2, -0.15) is 0 Å². The minimum atomic E-state index is 0.0673. The highest BCUT2D eigenvalue weighted by molar-refractivity contribution is 7.80. The second kappa shape index (κ2) is 5.46. The number of likely N-dealkylation sites (tertiary alicyclic amines) is 1. The molecule has 1 amide bonds. The average Bonchev–Trinajstić information content (AvgIpc) is 3.00. The number of thiocarbonyl (C=S) groups is 1. The molecule has 2 aliphatic rings. The van der Waals surface area contributed by atoms with Crippen molar-refractivity contribution in [3.05, 3.63) is 28.8 Å². The first-order valence-electron chi connectivity index (χ1n) is 7.06. The lowest BCUT2D eigenvalue weighted by Gasteiger charge is -2.24. The summed E-state index contributed by atoms with van der Waals surface area (Å²) in [4.78, 5) is 13.6. The number of hydrogen-bond donors (Lipinski definition) is 2. The molecule has 1 aromatic carbocycles. The fourth-order valence-corrected chi connectivity index (χ4v) is 3.60. The summed E-state index contributed by atoms with van der Waals surface area (Å²) >= 11 is 11.5. The van der Waals surface area contributed by atoms with Crippen molar-refractivity contribution in [2.24, 2.45) is 5.41 Å². The molecule has 0 aliphatic carbocycles. The second-order valence-corrected chi connectivity index (χ2v) is 6.84. The quantitative estimate of drug-likeness (QED) is 0.780.